The Hall–Kier alpha value is -1.90. The highest BCUT2D eigenvalue weighted by molar-refractivity contribution is 5.95. The van der Waals surface area contributed by atoms with Gasteiger partial charge < -0.3 is 15.8 Å². The number of carbonyl (C=O) groups excluding carboxylic acids is 1. The second kappa shape index (κ2) is 7.04. The topological polar surface area (TPSA) is 64.3 Å². The smallest absolute Gasteiger partial charge is 0.254 e. The van der Waals surface area contributed by atoms with Gasteiger partial charge in [0.25, 0.3) is 5.91 Å². The molecule has 1 amide bonds. The van der Waals surface area contributed by atoms with Crippen molar-refractivity contribution in [2.75, 3.05) is 20.3 Å². The number of hydrogen-bond donors (Lipinski definition) is 2. The van der Waals surface area contributed by atoms with E-state index >= 15 is 0 Å². The zero-order valence-electron chi connectivity index (χ0n) is 11.9. The van der Waals surface area contributed by atoms with Crippen molar-refractivity contribution in [3.63, 3.8) is 0 Å². The van der Waals surface area contributed by atoms with Crippen LogP contribution in [-0.2, 0) is 4.74 Å². The molecule has 0 saturated heterocycles. The highest BCUT2D eigenvalue weighted by Gasteiger charge is 2.22. The Kier molecular flexibility index (Phi) is 5.68. The number of nitrogens with one attached hydrogen (secondary N) is 1. The first-order chi connectivity index (χ1) is 9.39. The predicted octanol–water partition coefficient (Wildman–Crippen LogP) is 1.29. The normalized spacial score (nSPS) is 10.7. The molecule has 0 bridgehead atoms. The molecule has 0 unspecified atom stereocenters. The molecule has 108 valence electrons. The third-order valence-electron chi connectivity index (χ3n) is 2.51. The second-order valence-corrected chi connectivity index (χ2v) is 4.97. The van der Waals surface area contributed by atoms with Gasteiger partial charge in [0, 0.05) is 12.7 Å². The Bertz CT molecular complexity index is 545. The van der Waals surface area contributed by atoms with E-state index in [0.29, 0.717) is 12.2 Å². The van der Waals surface area contributed by atoms with Crippen molar-refractivity contribution in [1.82, 2.24) is 5.32 Å². The van der Waals surface area contributed by atoms with Crippen LogP contribution in [0.1, 0.15) is 29.8 Å². The number of amides is 1. The van der Waals surface area contributed by atoms with Crippen LogP contribution in [0.25, 0.3) is 0 Å². The number of rotatable bonds is 4. The summed E-state index contributed by atoms with van der Waals surface area (Å²) < 4.78 is 18.9. The molecule has 3 N–H and O–H groups in total. The minimum absolute atomic E-state index is 0.0209. The number of ether oxygens (including phenoxy) is 1. The molecular weight excluding hydrogens is 259 g/mol. The molecule has 0 saturated carbocycles. The Morgan fingerprint density at radius 3 is 2.75 bits per heavy atom. The second-order valence-electron chi connectivity index (χ2n) is 4.97. The first kappa shape index (κ1) is 16.2. The molecule has 1 aromatic carbocycles. The molecule has 5 heteroatoms. The lowest BCUT2D eigenvalue weighted by atomic mass is 10.0. The van der Waals surface area contributed by atoms with Crippen molar-refractivity contribution < 1.29 is 13.9 Å². The number of methoxy groups -OCH3 is 1. The summed E-state index contributed by atoms with van der Waals surface area (Å²) in [6, 6.07) is 4.22. The lowest BCUT2D eigenvalue weighted by Gasteiger charge is -2.25. The van der Waals surface area contributed by atoms with Gasteiger partial charge in [-0.3, -0.25) is 4.79 Å². The summed E-state index contributed by atoms with van der Waals surface area (Å²) in [5, 5.41) is 2.72. The molecule has 0 aliphatic rings. The molecule has 0 heterocycles. The number of benzene rings is 1. The van der Waals surface area contributed by atoms with Gasteiger partial charge in [-0.05, 0) is 32.0 Å². The number of hydrogen-bond acceptors (Lipinski definition) is 3. The van der Waals surface area contributed by atoms with E-state index in [4.69, 9.17) is 10.5 Å². The first-order valence-electron chi connectivity index (χ1n) is 6.19. The van der Waals surface area contributed by atoms with Gasteiger partial charge >= 0.3 is 0 Å². The van der Waals surface area contributed by atoms with Gasteiger partial charge in [-0.1, -0.05) is 11.8 Å². The fraction of sp³-hybridized carbons (Fsp3) is 0.400. The number of carbonyl (C=O) groups is 1. The summed E-state index contributed by atoms with van der Waals surface area (Å²) in [4.78, 5) is 12.0. The largest absolute Gasteiger partial charge is 0.382 e. The molecule has 0 aliphatic heterocycles. The quantitative estimate of drug-likeness (QED) is 0.816. The molecule has 0 aliphatic carbocycles. The van der Waals surface area contributed by atoms with E-state index in [9.17, 15) is 9.18 Å². The standard InChI is InChI=1S/C15H19FN2O2/c1-15(2,10-20-3)18-14(19)12-7-6-11(5-4-8-17)9-13(12)16/h6-7,9H,8,10,17H2,1-3H3,(H,18,19). The summed E-state index contributed by atoms with van der Waals surface area (Å²) in [6.07, 6.45) is 0. The van der Waals surface area contributed by atoms with Crippen LogP contribution in [0, 0.1) is 17.7 Å². The van der Waals surface area contributed by atoms with Crippen LogP contribution >= 0.6 is 0 Å². The lowest BCUT2D eigenvalue weighted by Crippen LogP contribution is -2.47. The molecule has 0 fully saturated rings. The lowest BCUT2D eigenvalue weighted by molar-refractivity contribution is 0.0816. The van der Waals surface area contributed by atoms with Crippen LogP contribution in [0.4, 0.5) is 4.39 Å². The van der Waals surface area contributed by atoms with Crippen LogP contribution in [0.2, 0.25) is 0 Å². The fourth-order valence-electron chi connectivity index (χ4n) is 1.70. The van der Waals surface area contributed by atoms with E-state index in [2.05, 4.69) is 17.2 Å². The Balaban J connectivity index is 2.89. The number of halogens is 1. The van der Waals surface area contributed by atoms with Crippen molar-refractivity contribution in [2.24, 2.45) is 5.73 Å². The van der Waals surface area contributed by atoms with Gasteiger partial charge in [-0.2, -0.15) is 0 Å². The van der Waals surface area contributed by atoms with Gasteiger partial charge in [-0.25, -0.2) is 4.39 Å². The zero-order valence-corrected chi connectivity index (χ0v) is 11.9. The monoisotopic (exact) mass is 278 g/mol. The Morgan fingerprint density at radius 2 is 2.20 bits per heavy atom. The zero-order chi connectivity index (χ0) is 15.2. The van der Waals surface area contributed by atoms with E-state index in [1.165, 1.54) is 12.1 Å². The number of nitrogens with two attached hydrogens (primary N) is 1. The van der Waals surface area contributed by atoms with Crippen LogP contribution in [0.5, 0.6) is 0 Å². The van der Waals surface area contributed by atoms with Gasteiger partial charge in [0.1, 0.15) is 5.82 Å². The molecule has 1 rings (SSSR count). The molecule has 20 heavy (non-hydrogen) atoms. The Labute approximate surface area is 118 Å². The summed E-state index contributed by atoms with van der Waals surface area (Å²) in [5.74, 6) is 4.25. The minimum atomic E-state index is -0.612. The van der Waals surface area contributed by atoms with Crippen molar-refractivity contribution in [1.29, 1.82) is 0 Å². The van der Waals surface area contributed by atoms with Crippen molar-refractivity contribution in [2.45, 2.75) is 19.4 Å². The maximum Gasteiger partial charge on any atom is 0.254 e. The molecule has 0 spiro atoms. The van der Waals surface area contributed by atoms with Gasteiger partial charge in [0.2, 0.25) is 0 Å². The van der Waals surface area contributed by atoms with Crippen LogP contribution < -0.4 is 11.1 Å². The van der Waals surface area contributed by atoms with Gasteiger partial charge in [0.15, 0.2) is 0 Å². The summed E-state index contributed by atoms with van der Waals surface area (Å²) in [5.41, 5.74) is 5.14. The summed E-state index contributed by atoms with van der Waals surface area (Å²) in [7, 11) is 1.54. The van der Waals surface area contributed by atoms with Crippen LogP contribution in [0.3, 0.4) is 0 Å². The molecule has 0 aromatic heterocycles. The molecule has 0 atom stereocenters. The third-order valence-corrected chi connectivity index (χ3v) is 2.51. The molecule has 4 nitrogen and oxygen atoms in total. The maximum atomic E-state index is 13.9. The van der Waals surface area contributed by atoms with Crippen LogP contribution in [0.15, 0.2) is 18.2 Å². The Morgan fingerprint density at radius 1 is 1.50 bits per heavy atom. The first-order valence-corrected chi connectivity index (χ1v) is 6.19. The van der Waals surface area contributed by atoms with Crippen molar-refractivity contribution in [3.05, 3.63) is 35.1 Å². The van der Waals surface area contributed by atoms with Crippen molar-refractivity contribution >= 4 is 5.91 Å². The third kappa shape index (κ3) is 4.65. The predicted molar refractivity (Wildman–Crippen MR) is 75.8 cm³/mol. The highest BCUT2D eigenvalue weighted by atomic mass is 19.1. The van der Waals surface area contributed by atoms with E-state index in [1.54, 1.807) is 27.0 Å². The average Bonchev–Trinajstić information content (AvgIpc) is 2.35. The van der Waals surface area contributed by atoms with Crippen LogP contribution in [-0.4, -0.2) is 31.7 Å². The molecule has 0 radical (unpaired) electrons. The van der Waals surface area contributed by atoms with E-state index < -0.39 is 17.3 Å². The summed E-state index contributed by atoms with van der Waals surface area (Å²) in [6.45, 7) is 4.14. The SMILES string of the molecule is COCC(C)(C)NC(=O)c1ccc(C#CCN)cc1F. The minimum Gasteiger partial charge on any atom is -0.382 e. The highest BCUT2D eigenvalue weighted by Crippen LogP contribution is 2.12. The van der Waals surface area contributed by atoms with E-state index in [-0.39, 0.29) is 12.1 Å². The average molecular weight is 278 g/mol. The summed E-state index contributed by atoms with van der Waals surface area (Å²) >= 11 is 0. The maximum absolute atomic E-state index is 13.9. The molecular formula is C15H19FN2O2. The van der Waals surface area contributed by atoms with E-state index in [0.717, 1.165) is 0 Å². The molecule has 1 aromatic rings. The van der Waals surface area contributed by atoms with Gasteiger partial charge in [-0.15, -0.1) is 0 Å². The van der Waals surface area contributed by atoms with Crippen molar-refractivity contribution in [3.8, 4) is 11.8 Å². The van der Waals surface area contributed by atoms with Gasteiger partial charge in [0.05, 0.1) is 24.3 Å². The van der Waals surface area contributed by atoms with E-state index in [1.807, 2.05) is 0 Å². The fourth-order valence-corrected chi connectivity index (χ4v) is 1.70.